The molecule has 0 bridgehead atoms. The monoisotopic (exact) mass is 453 g/mol. The summed E-state index contributed by atoms with van der Waals surface area (Å²) in [5.74, 6) is 2.01. The van der Waals surface area contributed by atoms with Gasteiger partial charge in [0, 0.05) is 41.9 Å². The number of para-hydroxylation sites is 1. The maximum Gasteiger partial charge on any atom is 0.228 e. The van der Waals surface area contributed by atoms with Crippen molar-refractivity contribution in [3.05, 3.63) is 77.6 Å². The van der Waals surface area contributed by atoms with Gasteiger partial charge in [0.15, 0.2) is 17.3 Å². The fraction of sp³-hybridized carbons (Fsp3) is 0.269. The molecule has 1 aliphatic carbocycles. The van der Waals surface area contributed by atoms with E-state index in [0.29, 0.717) is 52.8 Å². The second-order valence-electron chi connectivity index (χ2n) is 9.46. The minimum Gasteiger partial charge on any atom is -0.496 e. The summed E-state index contributed by atoms with van der Waals surface area (Å²) in [6.45, 7) is 4.17. The van der Waals surface area contributed by atoms with Gasteiger partial charge in [-0.3, -0.25) is 9.78 Å². The van der Waals surface area contributed by atoms with Gasteiger partial charge in [0.05, 0.1) is 18.6 Å². The summed E-state index contributed by atoms with van der Waals surface area (Å²) in [7, 11) is 1.64. The minimum atomic E-state index is -0.427. The van der Waals surface area contributed by atoms with Crippen LogP contribution in [0.3, 0.4) is 0 Å². The summed E-state index contributed by atoms with van der Waals surface area (Å²) in [6.07, 6.45) is 6.11. The van der Waals surface area contributed by atoms with Gasteiger partial charge in [0.1, 0.15) is 17.8 Å². The zero-order chi connectivity index (χ0) is 23.4. The fourth-order valence-electron chi connectivity index (χ4n) is 4.98. The molecule has 4 aromatic rings. The summed E-state index contributed by atoms with van der Waals surface area (Å²) < 4.78 is 13.7. The topological polar surface area (TPSA) is 91.5 Å². The number of fused-ring (bicyclic) bond motifs is 3. The lowest BCUT2D eigenvalue weighted by molar-refractivity contribution is -0.118. The molecular weight excluding hydrogens is 430 g/mol. The van der Waals surface area contributed by atoms with Crippen LogP contribution >= 0.6 is 0 Å². The highest BCUT2D eigenvalue weighted by atomic mass is 16.5. The van der Waals surface area contributed by atoms with E-state index in [-0.39, 0.29) is 11.2 Å². The third-order valence-electron chi connectivity index (χ3n) is 6.45. The predicted octanol–water partition coefficient (Wildman–Crippen LogP) is 4.36. The number of ether oxygens (including phenoxy) is 2. The van der Waals surface area contributed by atoms with Gasteiger partial charge in [-0.05, 0) is 23.6 Å². The lowest BCUT2D eigenvalue weighted by Gasteiger charge is -2.37. The molecule has 8 heteroatoms. The summed E-state index contributed by atoms with van der Waals surface area (Å²) in [4.78, 5) is 27.1. The number of benzene rings is 1. The number of aromatic nitrogens is 5. The molecule has 0 radical (unpaired) electrons. The fourth-order valence-corrected chi connectivity index (χ4v) is 4.98. The first-order valence-electron chi connectivity index (χ1n) is 11.2. The average Bonchev–Trinajstić information content (AvgIpc) is 3.27. The Labute approximate surface area is 196 Å². The summed E-state index contributed by atoms with van der Waals surface area (Å²) in [6, 6.07) is 11.5. The van der Waals surface area contributed by atoms with Crippen LogP contribution in [0.4, 0.5) is 0 Å². The Morgan fingerprint density at radius 3 is 2.71 bits per heavy atom. The van der Waals surface area contributed by atoms with Crippen LogP contribution in [0.15, 0.2) is 66.5 Å². The van der Waals surface area contributed by atoms with Gasteiger partial charge in [-0.2, -0.15) is 0 Å². The second kappa shape index (κ2) is 7.48. The van der Waals surface area contributed by atoms with E-state index in [4.69, 9.17) is 14.5 Å². The van der Waals surface area contributed by atoms with Crippen molar-refractivity contribution in [2.45, 2.75) is 32.6 Å². The molecule has 1 aromatic carbocycles. The largest absolute Gasteiger partial charge is 0.496 e. The molecule has 4 heterocycles. The molecular formula is C26H23N5O3. The van der Waals surface area contributed by atoms with Crippen LogP contribution in [0.2, 0.25) is 0 Å². The van der Waals surface area contributed by atoms with Crippen LogP contribution in [0.5, 0.6) is 11.6 Å². The number of hydrogen-bond acceptors (Lipinski definition) is 7. The highest BCUT2D eigenvalue weighted by Crippen LogP contribution is 2.51. The number of allylic oxidation sites excluding steroid dienone is 2. The van der Waals surface area contributed by atoms with Crippen LogP contribution in [0, 0.1) is 5.41 Å². The lowest BCUT2D eigenvalue weighted by Crippen LogP contribution is -2.33. The van der Waals surface area contributed by atoms with Crippen molar-refractivity contribution >= 4 is 11.4 Å². The van der Waals surface area contributed by atoms with Crippen molar-refractivity contribution in [2.24, 2.45) is 5.41 Å². The molecule has 8 nitrogen and oxygen atoms in total. The predicted molar refractivity (Wildman–Crippen MR) is 125 cm³/mol. The average molecular weight is 454 g/mol. The van der Waals surface area contributed by atoms with Gasteiger partial charge < -0.3 is 9.47 Å². The van der Waals surface area contributed by atoms with Crippen molar-refractivity contribution in [2.75, 3.05) is 7.11 Å². The number of rotatable bonds is 3. The first-order chi connectivity index (χ1) is 16.4. The molecule has 1 aliphatic heterocycles. The number of Topliss-reactive ketones (excluding diaryl/α,β-unsaturated/α-hetero) is 1. The van der Waals surface area contributed by atoms with Crippen molar-refractivity contribution in [3.8, 4) is 23.0 Å². The van der Waals surface area contributed by atoms with Gasteiger partial charge in [0.25, 0.3) is 0 Å². The Hall–Kier alpha value is -4.07. The Morgan fingerprint density at radius 1 is 1.12 bits per heavy atom. The molecule has 0 unspecified atom stereocenters. The molecule has 0 saturated heterocycles. The van der Waals surface area contributed by atoms with Gasteiger partial charge in [-0.1, -0.05) is 32.0 Å². The van der Waals surface area contributed by atoms with E-state index in [1.54, 1.807) is 30.3 Å². The van der Waals surface area contributed by atoms with E-state index in [9.17, 15) is 4.79 Å². The van der Waals surface area contributed by atoms with E-state index in [2.05, 4.69) is 28.9 Å². The normalized spacial score (nSPS) is 18.9. The van der Waals surface area contributed by atoms with Crippen LogP contribution in [0.1, 0.15) is 43.7 Å². The van der Waals surface area contributed by atoms with Gasteiger partial charge in [0.2, 0.25) is 5.88 Å². The van der Waals surface area contributed by atoms with Gasteiger partial charge in [-0.15, -0.1) is 5.10 Å². The maximum absolute atomic E-state index is 13.6. The molecule has 3 aromatic heterocycles. The number of ketones is 1. The zero-order valence-electron chi connectivity index (χ0n) is 19.1. The van der Waals surface area contributed by atoms with Gasteiger partial charge >= 0.3 is 0 Å². The van der Waals surface area contributed by atoms with Crippen molar-refractivity contribution in [1.82, 2.24) is 24.6 Å². The standard InChI is InChI=1S/C26H23N5O3/c1-26(2)12-17(32)21-19(13-26)34-25-22(20(21)16-6-4-5-7-18(16)33-3)24-29-23(30-31(24)14-28-25)15-8-10-27-11-9-15/h4-11,14,20H,12-13H2,1-3H3/t20-/m1/s1. The molecule has 2 aliphatic rings. The molecule has 0 fully saturated rings. The Balaban J connectivity index is 1.63. The van der Waals surface area contributed by atoms with Crippen molar-refractivity contribution in [3.63, 3.8) is 0 Å². The van der Waals surface area contributed by atoms with E-state index >= 15 is 0 Å². The number of carbonyl (C=O) groups is 1. The molecule has 1 atom stereocenters. The number of pyridine rings is 1. The van der Waals surface area contributed by atoms with Crippen LogP contribution in [-0.2, 0) is 4.79 Å². The zero-order valence-corrected chi connectivity index (χ0v) is 19.1. The molecule has 0 saturated carbocycles. The first-order valence-corrected chi connectivity index (χ1v) is 11.2. The van der Waals surface area contributed by atoms with E-state index in [0.717, 1.165) is 11.1 Å². The van der Waals surface area contributed by atoms with Crippen molar-refractivity contribution in [1.29, 1.82) is 0 Å². The van der Waals surface area contributed by atoms with E-state index in [1.807, 2.05) is 36.4 Å². The lowest BCUT2D eigenvalue weighted by atomic mass is 9.70. The van der Waals surface area contributed by atoms with E-state index in [1.165, 1.54) is 0 Å². The summed E-state index contributed by atoms with van der Waals surface area (Å²) in [5, 5.41) is 4.64. The molecule has 0 spiro atoms. The van der Waals surface area contributed by atoms with E-state index < -0.39 is 5.92 Å². The second-order valence-corrected chi connectivity index (χ2v) is 9.46. The van der Waals surface area contributed by atoms with Crippen LogP contribution < -0.4 is 9.47 Å². The number of hydrogen-bond donors (Lipinski definition) is 0. The molecule has 6 rings (SSSR count). The molecule has 0 N–H and O–H groups in total. The first kappa shape index (κ1) is 20.5. The highest BCUT2D eigenvalue weighted by Gasteiger charge is 2.44. The highest BCUT2D eigenvalue weighted by molar-refractivity contribution is 6.00. The number of methoxy groups -OCH3 is 1. The quantitative estimate of drug-likeness (QED) is 0.455. The van der Waals surface area contributed by atoms with Crippen molar-refractivity contribution < 1.29 is 14.3 Å². The van der Waals surface area contributed by atoms with Crippen LogP contribution in [0.25, 0.3) is 17.0 Å². The minimum absolute atomic E-state index is 0.0729. The smallest absolute Gasteiger partial charge is 0.228 e. The Bertz CT molecular complexity index is 1470. The molecule has 170 valence electrons. The SMILES string of the molecule is COc1ccccc1[C@@H]1C2=C(CC(C)(C)CC2=O)Oc2ncn3nc(-c4ccncc4)nc3c21. The molecule has 0 amide bonds. The third-order valence-corrected chi connectivity index (χ3v) is 6.45. The maximum atomic E-state index is 13.6. The van der Waals surface area contributed by atoms with Gasteiger partial charge in [-0.25, -0.2) is 14.5 Å². The molecule has 34 heavy (non-hydrogen) atoms. The Morgan fingerprint density at radius 2 is 1.91 bits per heavy atom. The summed E-state index contributed by atoms with van der Waals surface area (Å²) >= 11 is 0. The number of carbonyl (C=O) groups excluding carboxylic acids is 1. The number of nitrogens with zero attached hydrogens (tertiary/aromatic N) is 5. The Kier molecular flexibility index (Phi) is 4.52. The van der Waals surface area contributed by atoms with Crippen LogP contribution in [-0.4, -0.2) is 37.5 Å². The third kappa shape index (κ3) is 3.17. The summed E-state index contributed by atoms with van der Waals surface area (Å²) in [5.41, 5.74) is 3.49.